The summed E-state index contributed by atoms with van der Waals surface area (Å²) in [5.41, 5.74) is -0.334. The fourth-order valence-electron chi connectivity index (χ4n) is 3.27. The summed E-state index contributed by atoms with van der Waals surface area (Å²) in [6.07, 6.45) is 5.06. The number of hydrogen-bond acceptors (Lipinski definition) is 3. The van der Waals surface area contributed by atoms with Gasteiger partial charge in [0.15, 0.2) is 11.8 Å². The summed E-state index contributed by atoms with van der Waals surface area (Å²) in [6.45, 7) is 1.09. The second-order valence-electron chi connectivity index (χ2n) is 6.61. The average Bonchev–Trinajstić information content (AvgIpc) is 2.94. The van der Waals surface area contributed by atoms with Gasteiger partial charge < -0.3 is 4.90 Å². The molecule has 0 saturated carbocycles. The van der Waals surface area contributed by atoms with Crippen molar-refractivity contribution < 1.29 is 14.0 Å². The van der Waals surface area contributed by atoms with E-state index in [0.717, 1.165) is 42.4 Å². The number of halogens is 2. The van der Waals surface area contributed by atoms with Gasteiger partial charge in [-0.3, -0.25) is 19.0 Å². The number of likely N-dealkylation sites (tertiary alicyclic amines) is 1. The summed E-state index contributed by atoms with van der Waals surface area (Å²) >= 11 is 6.00. The topological polar surface area (TPSA) is 59.4 Å². The van der Waals surface area contributed by atoms with E-state index in [-0.39, 0.29) is 10.6 Å². The van der Waals surface area contributed by atoms with Crippen LogP contribution in [-0.4, -0.2) is 34.2 Å². The van der Waals surface area contributed by atoms with Crippen molar-refractivity contribution in [2.75, 3.05) is 13.1 Å². The molecule has 1 aromatic heterocycles. The predicted octanol–water partition coefficient (Wildman–Crippen LogP) is 3.47. The first kappa shape index (κ1) is 19.3. The summed E-state index contributed by atoms with van der Waals surface area (Å²) < 4.78 is 14.3. The maximum absolute atomic E-state index is 13.2. The van der Waals surface area contributed by atoms with E-state index in [9.17, 15) is 18.8 Å². The fraction of sp³-hybridized carbons (Fsp3) is 0.350. The molecule has 2 aromatic rings. The standard InChI is InChI=1S/C20H20ClFN2O3/c21-15-7-10-17(25)24(13-15)18(19(26)14-5-8-16(22)9-6-14)20(27)23-11-3-1-2-4-12-23/h5-10,13,18H,1-4,11-12H2. The molecule has 2 heterocycles. The van der Waals surface area contributed by atoms with Crippen LogP contribution in [-0.2, 0) is 4.79 Å². The molecule has 7 heteroatoms. The molecule has 1 aromatic carbocycles. The Bertz CT molecular complexity index is 887. The number of hydrogen-bond donors (Lipinski definition) is 0. The zero-order chi connectivity index (χ0) is 19.4. The molecule has 0 radical (unpaired) electrons. The lowest BCUT2D eigenvalue weighted by Gasteiger charge is -2.26. The van der Waals surface area contributed by atoms with Crippen LogP contribution in [0.4, 0.5) is 4.39 Å². The van der Waals surface area contributed by atoms with Crippen molar-refractivity contribution in [1.82, 2.24) is 9.47 Å². The molecule has 0 N–H and O–H groups in total. The highest BCUT2D eigenvalue weighted by Crippen LogP contribution is 2.21. The van der Waals surface area contributed by atoms with E-state index in [2.05, 4.69) is 0 Å². The van der Waals surface area contributed by atoms with Crippen LogP contribution in [0, 0.1) is 5.82 Å². The van der Waals surface area contributed by atoms with Crippen molar-refractivity contribution in [3.63, 3.8) is 0 Å². The molecule has 1 atom stereocenters. The monoisotopic (exact) mass is 390 g/mol. The molecular weight excluding hydrogens is 371 g/mol. The van der Waals surface area contributed by atoms with Crippen LogP contribution in [0.2, 0.25) is 5.02 Å². The lowest BCUT2D eigenvalue weighted by atomic mass is 10.0. The Kier molecular flexibility index (Phi) is 6.06. The molecule has 5 nitrogen and oxygen atoms in total. The maximum atomic E-state index is 13.2. The van der Waals surface area contributed by atoms with Gasteiger partial charge in [-0.15, -0.1) is 0 Å². The molecule has 0 bridgehead atoms. The Morgan fingerprint density at radius 2 is 1.59 bits per heavy atom. The van der Waals surface area contributed by atoms with Gasteiger partial charge in [-0.1, -0.05) is 24.4 Å². The van der Waals surface area contributed by atoms with E-state index in [0.29, 0.717) is 13.1 Å². The summed E-state index contributed by atoms with van der Waals surface area (Å²) in [5, 5.41) is 0.246. The highest BCUT2D eigenvalue weighted by atomic mass is 35.5. The molecule has 0 aliphatic carbocycles. The van der Waals surface area contributed by atoms with E-state index < -0.39 is 29.1 Å². The minimum Gasteiger partial charge on any atom is -0.340 e. The number of benzene rings is 1. The fourth-order valence-corrected chi connectivity index (χ4v) is 3.44. The molecule has 3 rings (SSSR count). The van der Waals surface area contributed by atoms with Crippen LogP contribution in [0.15, 0.2) is 47.4 Å². The van der Waals surface area contributed by atoms with E-state index in [1.165, 1.54) is 30.5 Å². The third-order valence-corrected chi connectivity index (χ3v) is 4.93. The van der Waals surface area contributed by atoms with Crippen molar-refractivity contribution in [3.05, 3.63) is 69.4 Å². The molecule has 1 aliphatic rings. The molecule has 1 saturated heterocycles. The number of nitrogens with zero attached hydrogens (tertiary/aromatic N) is 2. The smallest absolute Gasteiger partial charge is 0.253 e. The van der Waals surface area contributed by atoms with E-state index in [4.69, 9.17) is 11.6 Å². The van der Waals surface area contributed by atoms with Crippen molar-refractivity contribution >= 4 is 23.3 Å². The minimum absolute atomic E-state index is 0.163. The Hall–Kier alpha value is -2.47. The lowest BCUT2D eigenvalue weighted by molar-refractivity contribution is -0.133. The van der Waals surface area contributed by atoms with Crippen LogP contribution < -0.4 is 5.56 Å². The van der Waals surface area contributed by atoms with Crippen molar-refractivity contribution in [1.29, 1.82) is 0 Å². The molecule has 1 unspecified atom stereocenters. The first-order chi connectivity index (χ1) is 13.0. The van der Waals surface area contributed by atoms with Crippen molar-refractivity contribution in [2.24, 2.45) is 0 Å². The second kappa shape index (κ2) is 8.48. The minimum atomic E-state index is -1.36. The summed E-state index contributed by atoms with van der Waals surface area (Å²) in [5.74, 6) is -1.48. The number of aromatic nitrogens is 1. The zero-order valence-corrected chi connectivity index (χ0v) is 15.5. The van der Waals surface area contributed by atoms with Crippen LogP contribution in [0.1, 0.15) is 42.1 Å². The molecule has 1 aliphatic heterocycles. The highest BCUT2D eigenvalue weighted by Gasteiger charge is 2.34. The van der Waals surface area contributed by atoms with Gasteiger partial charge in [0.05, 0.1) is 5.02 Å². The quantitative estimate of drug-likeness (QED) is 0.593. The van der Waals surface area contributed by atoms with Gasteiger partial charge in [0, 0.05) is 30.9 Å². The molecule has 1 fully saturated rings. The number of ketones is 1. The van der Waals surface area contributed by atoms with Crippen LogP contribution in [0.5, 0.6) is 0 Å². The molecular formula is C20H20ClFN2O3. The average molecular weight is 391 g/mol. The zero-order valence-electron chi connectivity index (χ0n) is 14.7. The van der Waals surface area contributed by atoms with Gasteiger partial charge in [-0.05, 0) is 43.2 Å². The predicted molar refractivity (Wildman–Crippen MR) is 101 cm³/mol. The van der Waals surface area contributed by atoms with Gasteiger partial charge in [0.2, 0.25) is 0 Å². The van der Waals surface area contributed by atoms with Crippen molar-refractivity contribution in [3.8, 4) is 0 Å². The third-order valence-electron chi connectivity index (χ3n) is 4.71. The van der Waals surface area contributed by atoms with Crippen molar-refractivity contribution in [2.45, 2.75) is 31.7 Å². The first-order valence-corrected chi connectivity index (χ1v) is 9.31. The highest BCUT2D eigenvalue weighted by molar-refractivity contribution is 6.30. The Morgan fingerprint density at radius 1 is 0.963 bits per heavy atom. The Morgan fingerprint density at radius 3 is 2.22 bits per heavy atom. The molecule has 1 amide bonds. The van der Waals surface area contributed by atoms with E-state index in [1.807, 2.05) is 0 Å². The number of pyridine rings is 1. The maximum Gasteiger partial charge on any atom is 0.253 e. The number of amides is 1. The summed E-state index contributed by atoms with van der Waals surface area (Å²) in [7, 11) is 0. The molecule has 0 spiro atoms. The molecule has 27 heavy (non-hydrogen) atoms. The largest absolute Gasteiger partial charge is 0.340 e. The number of Topliss-reactive ketones (excluding diaryl/α,β-unsaturated/α-hetero) is 1. The summed E-state index contributed by atoms with van der Waals surface area (Å²) in [4.78, 5) is 40.4. The molecule has 142 valence electrons. The van der Waals surface area contributed by atoms with E-state index >= 15 is 0 Å². The van der Waals surface area contributed by atoms with Gasteiger partial charge in [0.1, 0.15) is 5.82 Å². The number of carbonyl (C=O) groups excluding carboxylic acids is 2. The van der Waals surface area contributed by atoms with E-state index in [1.54, 1.807) is 4.90 Å². The van der Waals surface area contributed by atoms with Crippen LogP contribution in [0.25, 0.3) is 0 Å². The van der Waals surface area contributed by atoms with Gasteiger partial charge in [-0.25, -0.2) is 4.39 Å². The number of rotatable bonds is 4. The van der Waals surface area contributed by atoms with Gasteiger partial charge in [0.25, 0.3) is 11.5 Å². The second-order valence-corrected chi connectivity index (χ2v) is 7.04. The summed E-state index contributed by atoms with van der Waals surface area (Å²) in [6, 6.07) is 6.22. The number of carbonyl (C=O) groups is 2. The normalized spacial score (nSPS) is 15.9. The lowest BCUT2D eigenvalue weighted by Crippen LogP contribution is -2.44. The Labute approximate surface area is 161 Å². The van der Waals surface area contributed by atoms with Crippen LogP contribution >= 0.6 is 11.6 Å². The first-order valence-electron chi connectivity index (χ1n) is 8.93. The van der Waals surface area contributed by atoms with Gasteiger partial charge in [-0.2, -0.15) is 0 Å². The van der Waals surface area contributed by atoms with Gasteiger partial charge >= 0.3 is 0 Å². The Balaban J connectivity index is 2.03. The van der Waals surface area contributed by atoms with Crippen LogP contribution in [0.3, 0.4) is 0 Å². The SMILES string of the molecule is O=C(c1ccc(F)cc1)C(C(=O)N1CCCCCC1)n1cc(Cl)ccc1=O. The third kappa shape index (κ3) is 4.45.